The van der Waals surface area contributed by atoms with Crippen LogP contribution < -0.4 is 10.7 Å². The largest absolute Gasteiger partial charge is 0.350 e. The van der Waals surface area contributed by atoms with Gasteiger partial charge in [-0.25, -0.2) is 10.4 Å². The average Bonchev–Trinajstić information content (AvgIpc) is 2.97. The molecule has 1 atom stereocenters. The van der Waals surface area contributed by atoms with E-state index in [0.717, 1.165) is 26.5 Å². The van der Waals surface area contributed by atoms with Crippen molar-refractivity contribution in [3.05, 3.63) is 59.7 Å². The Hall–Kier alpha value is -2.73. The fourth-order valence-electron chi connectivity index (χ4n) is 2.20. The lowest BCUT2D eigenvalue weighted by Crippen LogP contribution is -2.34. The van der Waals surface area contributed by atoms with E-state index < -0.39 is 6.04 Å². The number of nitrogens with one attached hydrogen (secondary N) is 2. The number of para-hydroxylation sites is 1. The van der Waals surface area contributed by atoms with E-state index in [1.54, 1.807) is 13.1 Å². The van der Waals surface area contributed by atoms with Crippen LogP contribution in [0, 0.1) is 6.92 Å². The van der Waals surface area contributed by atoms with Gasteiger partial charge >= 0.3 is 0 Å². The zero-order valence-corrected chi connectivity index (χ0v) is 14.3. The monoisotopic (exact) mass is 338 g/mol. The maximum atomic E-state index is 12.1. The summed E-state index contributed by atoms with van der Waals surface area (Å²) in [5, 5.41) is 7.84. The van der Waals surface area contributed by atoms with Crippen LogP contribution >= 0.6 is 11.3 Å². The van der Waals surface area contributed by atoms with Crippen molar-refractivity contribution in [3.63, 3.8) is 0 Å². The smallest absolute Gasteiger partial charge is 0.262 e. The Labute approximate surface area is 144 Å². The number of amides is 1. The van der Waals surface area contributed by atoms with Gasteiger partial charge in [0.2, 0.25) is 0 Å². The quantitative estimate of drug-likeness (QED) is 0.552. The van der Waals surface area contributed by atoms with Gasteiger partial charge in [-0.15, -0.1) is 0 Å². The molecule has 3 aromatic rings. The molecule has 24 heavy (non-hydrogen) atoms. The minimum atomic E-state index is -0.430. The number of hydrogen-bond donors (Lipinski definition) is 2. The Morgan fingerprint density at radius 3 is 2.88 bits per heavy atom. The molecule has 0 bridgehead atoms. The first-order valence-corrected chi connectivity index (χ1v) is 8.45. The van der Waals surface area contributed by atoms with Gasteiger partial charge in [0.15, 0.2) is 5.13 Å². The molecule has 122 valence electrons. The maximum absolute atomic E-state index is 12.1. The van der Waals surface area contributed by atoms with Crippen molar-refractivity contribution in [2.24, 2.45) is 5.10 Å². The van der Waals surface area contributed by atoms with Gasteiger partial charge in [-0.05, 0) is 31.5 Å². The number of nitrogens with zero attached hydrogens (tertiary/aromatic N) is 2. The number of aryl methyl sites for hydroxylation is 1. The van der Waals surface area contributed by atoms with Crippen molar-refractivity contribution in [1.29, 1.82) is 0 Å². The summed E-state index contributed by atoms with van der Waals surface area (Å²) in [6.45, 7) is 3.80. The molecule has 2 aromatic carbocycles. The lowest BCUT2D eigenvalue weighted by Gasteiger charge is -2.10. The molecule has 6 heteroatoms. The SMILES string of the molecule is Cc1cccc(/C=N\NC(=O)[C@@H](C)Nc2nc3ccccc3s2)c1. The van der Waals surface area contributed by atoms with Crippen LogP contribution in [0.4, 0.5) is 5.13 Å². The summed E-state index contributed by atoms with van der Waals surface area (Å²) in [7, 11) is 0. The Balaban J connectivity index is 1.58. The van der Waals surface area contributed by atoms with Crippen molar-refractivity contribution in [2.75, 3.05) is 5.32 Å². The van der Waals surface area contributed by atoms with Gasteiger partial charge in [0, 0.05) is 0 Å². The third kappa shape index (κ3) is 3.97. The molecule has 3 rings (SSSR count). The highest BCUT2D eigenvalue weighted by atomic mass is 32.1. The third-order valence-electron chi connectivity index (χ3n) is 3.46. The molecule has 0 unspecified atom stereocenters. The summed E-state index contributed by atoms with van der Waals surface area (Å²) in [5.41, 5.74) is 5.57. The summed E-state index contributed by atoms with van der Waals surface area (Å²) >= 11 is 1.52. The summed E-state index contributed by atoms with van der Waals surface area (Å²) in [4.78, 5) is 16.6. The highest BCUT2D eigenvalue weighted by Crippen LogP contribution is 2.25. The predicted octanol–water partition coefficient (Wildman–Crippen LogP) is 3.56. The molecule has 0 saturated carbocycles. The standard InChI is InChI=1S/C18H18N4OS/c1-12-6-5-7-14(10-12)11-19-22-17(23)13(2)20-18-21-15-8-3-4-9-16(15)24-18/h3-11,13H,1-2H3,(H,20,21)(H,22,23)/b19-11-/t13-/m1/s1. The van der Waals surface area contributed by atoms with Crippen LogP contribution in [0.3, 0.4) is 0 Å². The first-order chi connectivity index (χ1) is 11.6. The van der Waals surface area contributed by atoms with E-state index in [9.17, 15) is 4.79 Å². The van der Waals surface area contributed by atoms with Crippen LogP contribution in [0.25, 0.3) is 10.2 Å². The number of rotatable bonds is 5. The van der Waals surface area contributed by atoms with E-state index in [2.05, 4.69) is 20.8 Å². The second-order valence-corrected chi connectivity index (χ2v) is 6.53. The third-order valence-corrected chi connectivity index (χ3v) is 4.43. The molecular formula is C18H18N4OS. The Kier molecular flexibility index (Phi) is 4.86. The lowest BCUT2D eigenvalue weighted by molar-refractivity contribution is -0.121. The van der Waals surface area contributed by atoms with Crippen LogP contribution in [-0.4, -0.2) is 23.1 Å². The maximum Gasteiger partial charge on any atom is 0.262 e. The fourth-order valence-corrected chi connectivity index (χ4v) is 3.16. The van der Waals surface area contributed by atoms with Crippen molar-refractivity contribution < 1.29 is 4.79 Å². The number of carbonyl (C=O) groups is 1. The van der Waals surface area contributed by atoms with E-state index in [-0.39, 0.29) is 5.91 Å². The topological polar surface area (TPSA) is 66.4 Å². The summed E-state index contributed by atoms with van der Waals surface area (Å²) in [6, 6.07) is 15.4. The number of thiazole rings is 1. The average molecular weight is 338 g/mol. The van der Waals surface area contributed by atoms with E-state index in [1.165, 1.54) is 11.3 Å². The first kappa shape index (κ1) is 16.1. The van der Waals surface area contributed by atoms with Crippen molar-refractivity contribution in [1.82, 2.24) is 10.4 Å². The zero-order chi connectivity index (χ0) is 16.9. The van der Waals surface area contributed by atoms with Crippen LogP contribution in [-0.2, 0) is 4.79 Å². The van der Waals surface area contributed by atoms with Gasteiger partial charge in [0.1, 0.15) is 6.04 Å². The molecule has 0 fully saturated rings. The molecule has 1 amide bonds. The molecule has 0 spiro atoms. The molecule has 2 N–H and O–H groups in total. The van der Waals surface area contributed by atoms with Gasteiger partial charge in [-0.2, -0.15) is 5.10 Å². The molecule has 5 nitrogen and oxygen atoms in total. The number of carbonyl (C=O) groups excluding carboxylic acids is 1. The molecule has 0 radical (unpaired) electrons. The van der Waals surface area contributed by atoms with Crippen molar-refractivity contribution >= 4 is 38.8 Å². The van der Waals surface area contributed by atoms with Gasteiger partial charge < -0.3 is 5.32 Å². The Morgan fingerprint density at radius 2 is 2.08 bits per heavy atom. The normalized spacial score (nSPS) is 12.4. The van der Waals surface area contributed by atoms with E-state index in [0.29, 0.717) is 0 Å². The second kappa shape index (κ2) is 7.23. The van der Waals surface area contributed by atoms with Gasteiger partial charge in [-0.1, -0.05) is 53.3 Å². The van der Waals surface area contributed by atoms with Gasteiger partial charge in [0.25, 0.3) is 5.91 Å². The highest BCUT2D eigenvalue weighted by Gasteiger charge is 2.13. The highest BCUT2D eigenvalue weighted by molar-refractivity contribution is 7.22. The van der Waals surface area contributed by atoms with Crippen LogP contribution in [0.2, 0.25) is 0 Å². The van der Waals surface area contributed by atoms with Gasteiger partial charge in [0.05, 0.1) is 16.4 Å². The molecule has 1 heterocycles. The fraction of sp³-hybridized carbons (Fsp3) is 0.167. The van der Waals surface area contributed by atoms with E-state index in [4.69, 9.17) is 0 Å². The molecule has 0 aliphatic heterocycles. The molecule has 1 aromatic heterocycles. The number of benzene rings is 2. The van der Waals surface area contributed by atoms with Gasteiger partial charge in [-0.3, -0.25) is 4.79 Å². The predicted molar refractivity (Wildman–Crippen MR) is 99.6 cm³/mol. The number of fused-ring (bicyclic) bond motifs is 1. The Bertz CT molecular complexity index is 854. The van der Waals surface area contributed by atoms with Crippen molar-refractivity contribution in [3.8, 4) is 0 Å². The number of hydrazone groups is 1. The number of anilines is 1. The Morgan fingerprint density at radius 1 is 1.25 bits per heavy atom. The summed E-state index contributed by atoms with van der Waals surface area (Å²) in [6.07, 6.45) is 1.63. The van der Waals surface area contributed by atoms with Crippen LogP contribution in [0.5, 0.6) is 0 Å². The molecule has 0 aliphatic rings. The van der Waals surface area contributed by atoms with Crippen LogP contribution in [0.15, 0.2) is 53.6 Å². The van der Waals surface area contributed by atoms with Crippen LogP contribution in [0.1, 0.15) is 18.1 Å². The zero-order valence-electron chi connectivity index (χ0n) is 13.5. The van der Waals surface area contributed by atoms with E-state index >= 15 is 0 Å². The minimum Gasteiger partial charge on any atom is -0.350 e. The summed E-state index contributed by atoms with van der Waals surface area (Å²) < 4.78 is 1.09. The first-order valence-electron chi connectivity index (χ1n) is 7.63. The second-order valence-electron chi connectivity index (χ2n) is 5.50. The molecule has 0 aliphatic carbocycles. The molecular weight excluding hydrogens is 320 g/mol. The summed E-state index contributed by atoms with van der Waals surface area (Å²) in [5.74, 6) is -0.210. The number of hydrogen-bond acceptors (Lipinski definition) is 5. The molecule has 0 saturated heterocycles. The van der Waals surface area contributed by atoms with Crippen molar-refractivity contribution in [2.45, 2.75) is 19.9 Å². The number of aromatic nitrogens is 1. The lowest BCUT2D eigenvalue weighted by atomic mass is 10.2. The minimum absolute atomic E-state index is 0.210. The van der Waals surface area contributed by atoms with E-state index in [1.807, 2.05) is 55.5 Å².